The second kappa shape index (κ2) is 8.11. The smallest absolute Gasteiger partial charge is 0.383 e. The average Bonchev–Trinajstić information content (AvgIpc) is 2.22. The third-order valence-corrected chi connectivity index (χ3v) is 4.36. The van der Waals surface area contributed by atoms with Crippen molar-refractivity contribution < 1.29 is 47.9 Å². The van der Waals surface area contributed by atoms with Crippen molar-refractivity contribution in [1.29, 1.82) is 0 Å². The van der Waals surface area contributed by atoms with Crippen molar-refractivity contribution in [2.45, 2.75) is 11.0 Å². The molecule has 0 aliphatic heterocycles. The molecule has 0 heterocycles. The van der Waals surface area contributed by atoms with Crippen molar-refractivity contribution in [3.63, 3.8) is 0 Å². The van der Waals surface area contributed by atoms with E-state index in [1.54, 1.807) is 7.11 Å². The van der Waals surface area contributed by atoms with E-state index >= 15 is 0 Å². The second-order valence-electron chi connectivity index (χ2n) is 3.08. The van der Waals surface area contributed by atoms with Crippen molar-refractivity contribution in [2.75, 3.05) is 27.3 Å². The van der Waals surface area contributed by atoms with E-state index in [1.165, 1.54) is 0 Å². The van der Waals surface area contributed by atoms with Crippen LogP contribution in [0.4, 0.5) is 26.3 Å². The Labute approximate surface area is 116 Å². The average molecular weight is 370 g/mol. The standard InChI is InChI=1S/C4H11NO.C2HF6NO4S2/c1-5-3-4-6-2;3-1(4,5)14(10,11)9-15(12,13)2(6,7)8/h5H,3-4H2,1-2H3;9H. The molecule has 0 bridgehead atoms. The fourth-order valence-electron chi connectivity index (χ4n) is 0.443. The minimum Gasteiger partial charge on any atom is -0.383 e. The molecule has 21 heavy (non-hydrogen) atoms. The van der Waals surface area contributed by atoms with Gasteiger partial charge in [0.15, 0.2) is 0 Å². The fraction of sp³-hybridized carbons (Fsp3) is 1.00. The fourth-order valence-corrected chi connectivity index (χ4v) is 2.35. The number of halogens is 6. The summed E-state index contributed by atoms with van der Waals surface area (Å²) in [6.07, 6.45) is 0. The molecule has 15 heteroatoms. The van der Waals surface area contributed by atoms with Gasteiger partial charge in [-0.15, -0.1) is 0 Å². The molecule has 0 spiro atoms. The van der Waals surface area contributed by atoms with E-state index in [0.29, 0.717) is 0 Å². The maximum Gasteiger partial charge on any atom is 0.512 e. The summed E-state index contributed by atoms with van der Waals surface area (Å²) in [4.78, 5) is 0. The van der Waals surface area contributed by atoms with Gasteiger partial charge >= 0.3 is 31.1 Å². The zero-order valence-corrected chi connectivity index (χ0v) is 12.2. The van der Waals surface area contributed by atoms with Gasteiger partial charge in [0.05, 0.1) is 6.61 Å². The summed E-state index contributed by atoms with van der Waals surface area (Å²) in [6, 6.07) is 0. The van der Waals surface area contributed by atoms with Gasteiger partial charge in [-0.2, -0.15) is 26.3 Å². The largest absolute Gasteiger partial charge is 0.512 e. The van der Waals surface area contributed by atoms with Crippen LogP contribution in [0.3, 0.4) is 0 Å². The van der Waals surface area contributed by atoms with Crippen molar-refractivity contribution in [3.05, 3.63) is 0 Å². The SMILES string of the molecule is CNCCOC.O=S(=O)(NS(=O)(=O)C(F)(F)F)C(F)(F)F. The molecule has 0 aromatic carbocycles. The molecule has 0 aromatic rings. The highest BCUT2D eigenvalue weighted by atomic mass is 32.3. The van der Waals surface area contributed by atoms with Gasteiger partial charge < -0.3 is 10.1 Å². The van der Waals surface area contributed by atoms with E-state index in [0.717, 1.165) is 13.2 Å². The minimum atomic E-state index is -6.60. The summed E-state index contributed by atoms with van der Waals surface area (Å²) in [5.41, 5.74) is -12.3. The lowest BCUT2D eigenvalue weighted by Gasteiger charge is -2.11. The Bertz CT molecular complexity index is 451. The Morgan fingerprint density at radius 1 is 0.905 bits per heavy atom. The first kappa shape index (κ1) is 22.6. The highest BCUT2D eigenvalue weighted by molar-refractivity contribution is 8.05. The molecular weight excluding hydrogens is 358 g/mol. The van der Waals surface area contributed by atoms with Crippen LogP contribution in [0, 0.1) is 0 Å². The van der Waals surface area contributed by atoms with E-state index in [1.807, 2.05) is 7.05 Å². The first-order chi connectivity index (χ1) is 9.12. The number of rotatable bonds is 5. The van der Waals surface area contributed by atoms with Crippen LogP contribution in [0.2, 0.25) is 0 Å². The van der Waals surface area contributed by atoms with E-state index in [9.17, 15) is 43.2 Å². The van der Waals surface area contributed by atoms with Crippen LogP contribution in [0.1, 0.15) is 0 Å². The Balaban J connectivity index is 0. The van der Waals surface area contributed by atoms with Crippen LogP contribution in [-0.4, -0.2) is 55.2 Å². The topological polar surface area (TPSA) is 102 Å². The Morgan fingerprint density at radius 2 is 1.24 bits per heavy atom. The lowest BCUT2D eigenvalue weighted by Crippen LogP contribution is -2.45. The van der Waals surface area contributed by atoms with Crippen molar-refractivity contribution >= 4 is 20.0 Å². The van der Waals surface area contributed by atoms with Crippen molar-refractivity contribution in [2.24, 2.45) is 0 Å². The van der Waals surface area contributed by atoms with E-state index in [-0.39, 0.29) is 0 Å². The van der Waals surface area contributed by atoms with Crippen molar-refractivity contribution in [1.82, 2.24) is 9.44 Å². The Kier molecular flexibility index (Phi) is 8.75. The maximum atomic E-state index is 11.5. The molecular formula is C6H12F6N2O5S2. The van der Waals surface area contributed by atoms with Crippen LogP contribution in [0.15, 0.2) is 0 Å². The number of ether oxygens (including phenoxy) is 1. The molecule has 0 unspecified atom stereocenters. The van der Waals surface area contributed by atoms with Gasteiger partial charge in [0, 0.05) is 13.7 Å². The monoisotopic (exact) mass is 370 g/mol. The van der Waals surface area contributed by atoms with E-state index in [4.69, 9.17) is 4.74 Å². The molecule has 0 radical (unpaired) electrons. The highest BCUT2D eigenvalue weighted by Crippen LogP contribution is 2.27. The van der Waals surface area contributed by atoms with Gasteiger partial charge in [0.2, 0.25) is 0 Å². The zero-order valence-electron chi connectivity index (χ0n) is 10.5. The molecule has 0 fully saturated rings. The molecule has 0 amide bonds. The lowest BCUT2D eigenvalue weighted by atomic mass is 10.7. The number of likely N-dealkylation sites (N-methyl/N-ethyl adjacent to an activating group) is 1. The third kappa shape index (κ3) is 8.40. The molecule has 0 atom stereocenters. The number of alkyl halides is 6. The predicted molar refractivity (Wildman–Crippen MR) is 58.9 cm³/mol. The van der Waals surface area contributed by atoms with Gasteiger partial charge in [-0.1, -0.05) is 4.13 Å². The van der Waals surface area contributed by atoms with Crippen LogP contribution in [0.5, 0.6) is 0 Å². The Morgan fingerprint density at radius 3 is 1.38 bits per heavy atom. The number of hydrogen-bond acceptors (Lipinski definition) is 6. The van der Waals surface area contributed by atoms with Crippen LogP contribution in [0.25, 0.3) is 0 Å². The summed E-state index contributed by atoms with van der Waals surface area (Å²) < 4.78 is 113. The van der Waals surface area contributed by atoms with Crippen molar-refractivity contribution in [3.8, 4) is 0 Å². The van der Waals surface area contributed by atoms with Crippen LogP contribution < -0.4 is 9.44 Å². The molecule has 7 nitrogen and oxygen atoms in total. The molecule has 2 N–H and O–H groups in total. The lowest BCUT2D eigenvalue weighted by molar-refractivity contribution is -0.0476. The summed E-state index contributed by atoms with van der Waals surface area (Å²) >= 11 is 0. The van der Waals surface area contributed by atoms with Gasteiger partial charge in [0.25, 0.3) is 0 Å². The third-order valence-electron chi connectivity index (χ3n) is 1.39. The molecule has 0 saturated carbocycles. The molecule has 0 aromatic heterocycles. The summed E-state index contributed by atoms with van der Waals surface area (Å²) in [5, 5.41) is 2.94. The molecule has 0 aliphatic carbocycles. The quantitative estimate of drug-likeness (QED) is 0.527. The number of hydrogen-bond donors (Lipinski definition) is 2. The first-order valence-electron chi connectivity index (χ1n) is 4.67. The van der Waals surface area contributed by atoms with Gasteiger partial charge in [-0.25, -0.2) is 16.8 Å². The normalized spacial score (nSPS) is 13.5. The summed E-state index contributed by atoms with van der Waals surface area (Å²) in [6.45, 7) is 1.74. The number of nitrogens with one attached hydrogen (secondary N) is 2. The number of sulfonamides is 2. The van der Waals surface area contributed by atoms with Gasteiger partial charge in [-0.05, 0) is 7.05 Å². The molecule has 0 aliphatic rings. The molecule has 0 rings (SSSR count). The van der Waals surface area contributed by atoms with E-state index < -0.39 is 35.2 Å². The maximum absolute atomic E-state index is 11.5. The number of methoxy groups -OCH3 is 1. The van der Waals surface area contributed by atoms with E-state index in [2.05, 4.69) is 5.32 Å². The summed E-state index contributed by atoms with van der Waals surface area (Å²) in [5.74, 6) is 0. The molecule has 130 valence electrons. The van der Waals surface area contributed by atoms with Crippen LogP contribution in [-0.2, 0) is 24.8 Å². The zero-order chi connectivity index (χ0) is 17.5. The predicted octanol–water partition coefficient (Wildman–Crippen LogP) is 0.127. The highest BCUT2D eigenvalue weighted by Gasteiger charge is 2.55. The van der Waals surface area contributed by atoms with Gasteiger partial charge in [0.1, 0.15) is 0 Å². The van der Waals surface area contributed by atoms with Gasteiger partial charge in [-0.3, -0.25) is 0 Å². The molecule has 0 saturated heterocycles. The minimum absolute atomic E-state index is 0.493. The van der Waals surface area contributed by atoms with Crippen LogP contribution >= 0.6 is 0 Å². The summed E-state index contributed by atoms with van der Waals surface area (Å²) in [7, 11) is -9.60. The second-order valence-corrected chi connectivity index (χ2v) is 6.68. The Hall–Kier alpha value is -0.640. The first-order valence-corrected chi connectivity index (χ1v) is 7.63.